The normalized spacial score (nSPS) is 27.2. The first-order chi connectivity index (χ1) is 9.61. The molecular formula is C13H21N5O2. The summed E-state index contributed by atoms with van der Waals surface area (Å²) in [5, 5.41) is 4.42. The van der Waals surface area contributed by atoms with Gasteiger partial charge in [-0.15, -0.1) is 0 Å². The molecule has 4 N–H and O–H groups in total. The number of ether oxygens (including phenoxy) is 1. The fourth-order valence-electron chi connectivity index (χ4n) is 3.04. The van der Waals surface area contributed by atoms with Gasteiger partial charge in [-0.3, -0.25) is 14.4 Å². The molecule has 0 bridgehead atoms. The van der Waals surface area contributed by atoms with Crippen molar-refractivity contribution in [1.82, 2.24) is 14.7 Å². The van der Waals surface area contributed by atoms with Gasteiger partial charge in [-0.2, -0.15) is 5.10 Å². The van der Waals surface area contributed by atoms with Crippen LogP contribution in [0.25, 0.3) is 0 Å². The van der Waals surface area contributed by atoms with Crippen LogP contribution in [-0.2, 0) is 29.0 Å². The predicted molar refractivity (Wildman–Crippen MR) is 72.7 cm³/mol. The maximum absolute atomic E-state index is 10.9. The largest absolute Gasteiger partial charge is 0.378 e. The lowest BCUT2D eigenvalue weighted by atomic mass is 10.0. The predicted octanol–water partition coefficient (Wildman–Crippen LogP) is -1.16. The summed E-state index contributed by atoms with van der Waals surface area (Å²) in [6.07, 6.45) is 3.80. The number of hydrogen-bond donors (Lipinski definition) is 2. The Morgan fingerprint density at radius 1 is 1.50 bits per heavy atom. The van der Waals surface area contributed by atoms with Crippen LogP contribution in [0.2, 0.25) is 0 Å². The van der Waals surface area contributed by atoms with Crippen molar-refractivity contribution in [2.24, 2.45) is 11.5 Å². The topological polar surface area (TPSA) is 99.4 Å². The van der Waals surface area contributed by atoms with Crippen LogP contribution in [-0.4, -0.2) is 52.4 Å². The van der Waals surface area contributed by atoms with E-state index in [1.54, 1.807) is 4.68 Å². The lowest BCUT2D eigenvalue weighted by molar-refractivity contribution is -0.118. The van der Waals surface area contributed by atoms with Gasteiger partial charge < -0.3 is 16.2 Å². The minimum absolute atomic E-state index is 0.132. The van der Waals surface area contributed by atoms with E-state index >= 15 is 0 Å². The fraction of sp³-hybridized carbons (Fsp3) is 0.692. The highest BCUT2D eigenvalue weighted by Gasteiger charge is 2.29. The number of primary amides is 1. The quantitative estimate of drug-likeness (QED) is 0.727. The highest BCUT2D eigenvalue weighted by atomic mass is 16.5. The van der Waals surface area contributed by atoms with E-state index in [0.29, 0.717) is 12.6 Å². The van der Waals surface area contributed by atoms with Gasteiger partial charge in [0, 0.05) is 43.4 Å². The second-order valence-electron chi connectivity index (χ2n) is 5.67. The average molecular weight is 279 g/mol. The SMILES string of the molecule is NC(=O)Cn1cc2c(n1)CCN([C@H]1COC[C@@H](N)C1)C2. The number of fused-ring (bicyclic) bond motifs is 1. The first-order valence-electron chi connectivity index (χ1n) is 7.02. The average Bonchev–Trinajstić information content (AvgIpc) is 2.78. The maximum atomic E-state index is 10.9. The Balaban J connectivity index is 1.68. The van der Waals surface area contributed by atoms with E-state index in [1.807, 2.05) is 6.20 Å². The Hall–Kier alpha value is -1.44. The van der Waals surface area contributed by atoms with Crippen molar-refractivity contribution in [3.63, 3.8) is 0 Å². The molecule has 2 atom stereocenters. The van der Waals surface area contributed by atoms with Gasteiger partial charge in [0.05, 0.1) is 18.9 Å². The van der Waals surface area contributed by atoms with E-state index in [1.165, 1.54) is 5.56 Å². The van der Waals surface area contributed by atoms with Crippen LogP contribution >= 0.6 is 0 Å². The Labute approximate surface area is 117 Å². The van der Waals surface area contributed by atoms with Crippen molar-refractivity contribution in [3.8, 4) is 0 Å². The van der Waals surface area contributed by atoms with E-state index in [9.17, 15) is 4.79 Å². The third kappa shape index (κ3) is 2.84. The minimum Gasteiger partial charge on any atom is -0.378 e. The van der Waals surface area contributed by atoms with Gasteiger partial charge in [0.2, 0.25) is 5.91 Å². The number of amides is 1. The maximum Gasteiger partial charge on any atom is 0.239 e. The lowest BCUT2D eigenvalue weighted by Crippen LogP contribution is -2.49. The van der Waals surface area contributed by atoms with E-state index < -0.39 is 0 Å². The van der Waals surface area contributed by atoms with Gasteiger partial charge in [0.25, 0.3) is 0 Å². The number of rotatable bonds is 3. The number of hydrogen-bond acceptors (Lipinski definition) is 5. The Bertz CT molecular complexity index is 501. The number of carbonyl (C=O) groups excluding carboxylic acids is 1. The van der Waals surface area contributed by atoms with Crippen LogP contribution in [0.1, 0.15) is 17.7 Å². The first-order valence-corrected chi connectivity index (χ1v) is 7.02. The molecule has 0 spiro atoms. The zero-order valence-electron chi connectivity index (χ0n) is 11.5. The van der Waals surface area contributed by atoms with Gasteiger partial charge in [0.15, 0.2) is 0 Å². The highest BCUT2D eigenvalue weighted by Crippen LogP contribution is 2.22. The molecule has 1 saturated heterocycles. The molecule has 0 aromatic carbocycles. The zero-order chi connectivity index (χ0) is 14.1. The molecule has 1 fully saturated rings. The standard InChI is InChI=1S/C13H21N5O2/c14-10-3-11(8-20-7-10)17-2-1-12-9(4-17)5-18(16-12)6-13(15)19/h5,10-11H,1-4,6-8,14H2,(H2,15,19)/t10-,11+/m0/s1. The van der Waals surface area contributed by atoms with Gasteiger partial charge >= 0.3 is 0 Å². The second-order valence-corrected chi connectivity index (χ2v) is 5.67. The molecule has 110 valence electrons. The molecular weight excluding hydrogens is 258 g/mol. The molecule has 0 unspecified atom stereocenters. The van der Waals surface area contributed by atoms with E-state index in [2.05, 4.69) is 10.00 Å². The van der Waals surface area contributed by atoms with Crippen molar-refractivity contribution in [2.45, 2.75) is 38.0 Å². The third-order valence-corrected chi connectivity index (χ3v) is 3.99. The van der Waals surface area contributed by atoms with E-state index in [0.717, 1.165) is 38.2 Å². The monoisotopic (exact) mass is 279 g/mol. The molecule has 1 amide bonds. The van der Waals surface area contributed by atoms with Crippen molar-refractivity contribution >= 4 is 5.91 Å². The Morgan fingerprint density at radius 3 is 3.10 bits per heavy atom. The van der Waals surface area contributed by atoms with E-state index in [-0.39, 0.29) is 18.5 Å². The van der Waals surface area contributed by atoms with Crippen molar-refractivity contribution in [2.75, 3.05) is 19.8 Å². The van der Waals surface area contributed by atoms with Crippen molar-refractivity contribution < 1.29 is 9.53 Å². The summed E-state index contributed by atoms with van der Waals surface area (Å²) in [4.78, 5) is 13.4. The summed E-state index contributed by atoms with van der Waals surface area (Å²) in [6.45, 7) is 3.35. The number of aromatic nitrogens is 2. The Morgan fingerprint density at radius 2 is 2.35 bits per heavy atom. The second kappa shape index (κ2) is 5.51. The zero-order valence-corrected chi connectivity index (χ0v) is 11.5. The molecule has 1 aromatic heterocycles. The van der Waals surface area contributed by atoms with Gasteiger partial charge in [-0.25, -0.2) is 0 Å². The molecule has 3 heterocycles. The molecule has 0 aliphatic carbocycles. The number of nitrogens with two attached hydrogens (primary N) is 2. The molecule has 0 radical (unpaired) electrons. The van der Waals surface area contributed by atoms with Gasteiger partial charge in [-0.1, -0.05) is 0 Å². The molecule has 2 aliphatic heterocycles. The highest BCUT2D eigenvalue weighted by molar-refractivity contribution is 5.73. The summed E-state index contributed by atoms with van der Waals surface area (Å²) in [7, 11) is 0. The molecule has 1 aromatic rings. The van der Waals surface area contributed by atoms with Crippen LogP contribution in [0.4, 0.5) is 0 Å². The lowest BCUT2D eigenvalue weighted by Gasteiger charge is -2.37. The van der Waals surface area contributed by atoms with Crippen molar-refractivity contribution in [1.29, 1.82) is 0 Å². The number of carbonyl (C=O) groups is 1. The van der Waals surface area contributed by atoms with E-state index in [4.69, 9.17) is 16.2 Å². The summed E-state index contributed by atoms with van der Waals surface area (Å²) in [6, 6.07) is 0.513. The summed E-state index contributed by atoms with van der Waals surface area (Å²) in [5.74, 6) is -0.367. The minimum atomic E-state index is -0.367. The smallest absolute Gasteiger partial charge is 0.239 e. The summed E-state index contributed by atoms with van der Waals surface area (Å²) >= 11 is 0. The van der Waals surface area contributed by atoms with Crippen LogP contribution in [0.3, 0.4) is 0 Å². The molecule has 7 nitrogen and oxygen atoms in total. The van der Waals surface area contributed by atoms with Crippen LogP contribution < -0.4 is 11.5 Å². The first kappa shape index (κ1) is 13.5. The van der Waals surface area contributed by atoms with Crippen LogP contribution in [0.5, 0.6) is 0 Å². The summed E-state index contributed by atoms with van der Waals surface area (Å²) in [5.41, 5.74) is 13.4. The van der Waals surface area contributed by atoms with Crippen LogP contribution in [0, 0.1) is 0 Å². The molecule has 0 saturated carbocycles. The molecule has 7 heteroatoms. The van der Waals surface area contributed by atoms with Gasteiger partial charge in [0.1, 0.15) is 6.54 Å². The Kier molecular flexibility index (Phi) is 3.73. The van der Waals surface area contributed by atoms with Gasteiger partial charge in [-0.05, 0) is 6.42 Å². The van der Waals surface area contributed by atoms with Crippen molar-refractivity contribution in [3.05, 3.63) is 17.5 Å². The third-order valence-electron chi connectivity index (χ3n) is 3.99. The number of nitrogens with zero attached hydrogens (tertiary/aromatic N) is 3. The molecule has 3 rings (SSSR count). The molecule has 2 aliphatic rings. The molecule has 20 heavy (non-hydrogen) atoms. The summed E-state index contributed by atoms with van der Waals surface area (Å²) < 4.78 is 7.18. The fourth-order valence-corrected chi connectivity index (χ4v) is 3.04. The van der Waals surface area contributed by atoms with Crippen LogP contribution in [0.15, 0.2) is 6.20 Å².